The molecule has 94 valence electrons. The largest absolute Gasteiger partial charge is 0.492 e. The number of aliphatic imine (C=N–C) groups is 1. The third-order valence-corrected chi connectivity index (χ3v) is 2.73. The Balaban J connectivity index is 2.36. The van der Waals surface area contributed by atoms with Crippen LogP contribution >= 0.6 is 0 Å². The third-order valence-electron chi connectivity index (χ3n) is 2.73. The molecule has 0 heterocycles. The monoisotopic (exact) mass is 234 g/mol. The van der Waals surface area contributed by atoms with Crippen molar-refractivity contribution in [3.05, 3.63) is 29.8 Å². The fourth-order valence-corrected chi connectivity index (χ4v) is 1.63. The minimum atomic E-state index is 0.739. The Morgan fingerprint density at radius 2 is 1.82 bits per heavy atom. The zero-order valence-electron chi connectivity index (χ0n) is 11.0. The molecule has 0 aliphatic rings. The van der Waals surface area contributed by atoms with E-state index in [1.807, 2.05) is 30.5 Å². The van der Waals surface area contributed by atoms with Crippen LogP contribution in [0.1, 0.15) is 19.4 Å². The summed E-state index contributed by atoms with van der Waals surface area (Å²) >= 11 is 0. The summed E-state index contributed by atoms with van der Waals surface area (Å²) in [6.07, 6.45) is 1.83. The molecule has 3 nitrogen and oxygen atoms in total. The van der Waals surface area contributed by atoms with Gasteiger partial charge in [0.1, 0.15) is 12.4 Å². The molecule has 1 rings (SSSR count). The first-order chi connectivity index (χ1) is 8.30. The maximum Gasteiger partial charge on any atom is 0.119 e. The summed E-state index contributed by atoms with van der Waals surface area (Å²) in [4.78, 5) is 6.32. The van der Waals surface area contributed by atoms with Gasteiger partial charge >= 0.3 is 0 Å². The van der Waals surface area contributed by atoms with E-state index < -0.39 is 0 Å². The topological polar surface area (TPSA) is 24.8 Å². The standard InChI is InChI=1S/C14H22N2O/c1-4-16(5-2)10-11-17-14-8-6-13(7-9-14)12-15-3/h6-9,12H,4-5,10-11H2,1-3H3. The summed E-state index contributed by atoms with van der Waals surface area (Å²) in [7, 11) is 1.77. The molecule has 0 saturated heterocycles. The molecular weight excluding hydrogens is 212 g/mol. The lowest BCUT2D eigenvalue weighted by atomic mass is 10.2. The predicted molar refractivity (Wildman–Crippen MR) is 73.2 cm³/mol. The average molecular weight is 234 g/mol. The van der Waals surface area contributed by atoms with Gasteiger partial charge in [-0.1, -0.05) is 13.8 Å². The van der Waals surface area contributed by atoms with Crippen molar-refractivity contribution in [1.82, 2.24) is 4.90 Å². The second-order valence-electron chi connectivity index (χ2n) is 3.83. The van der Waals surface area contributed by atoms with E-state index in [1.165, 1.54) is 0 Å². The lowest BCUT2D eigenvalue weighted by Crippen LogP contribution is -2.27. The molecule has 1 aromatic carbocycles. The van der Waals surface area contributed by atoms with Crippen molar-refractivity contribution in [2.45, 2.75) is 13.8 Å². The molecule has 0 spiro atoms. The van der Waals surface area contributed by atoms with Crippen molar-refractivity contribution < 1.29 is 4.74 Å². The van der Waals surface area contributed by atoms with Crippen LogP contribution in [0, 0.1) is 0 Å². The molecule has 0 fully saturated rings. The first kappa shape index (κ1) is 13.7. The van der Waals surface area contributed by atoms with Crippen LogP contribution in [-0.2, 0) is 0 Å². The maximum atomic E-state index is 5.69. The van der Waals surface area contributed by atoms with Crippen molar-refractivity contribution in [2.24, 2.45) is 4.99 Å². The zero-order chi connectivity index (χ0) is 12.5. The second kappa shape index (κ2) is 7.85. The summed E-state index contributed by atoms with van der Waals surface area (Å²) in [5.41, 5.74) is 1.10. The Hall–Kier alpha value is -1.35. The molecule has 0 unspecified atom stereocenters. The molecular formula is C14H22N2O. The Kier molecular flexibility index (Phi) is 6.33. The van der Waals surface area contributed by atoms with Crippen LogP contribution in [0.15, 0.2) is 29.3 Å². The molecule has 17 heavy (non-hydrogen) atoms. The van der Waals surface area contributed by atoms with E-state index in [2.05, 4.69) is 23.7 Å². The highest BCUT2D eigenvalue weighted by molar-refractivity contribution is 5.79. The van der Waals surface area contributed by atoms with E-state index in [9.17, 15) is 0 Å². The van der Waals surface area contributed by atoms with Crippen molar-refractivity contribution in [3.8, 4) is 5.75 Å². The van der Waals surface area contributed by atoms with Gasteiger partial charge in [-0.25, -0.2) is 0 Å². The Morgan fingerprint density at radius 3 is 2.35 bits per heavy atom. The number of benzene rings is 1. The summed E-state index contributed by atoms with van der Waals surface area (Å²) < 4.78 is 5.69. The predicted octanol–water partition coefficient (Wildman–Crippen LogP) is 2.46. The fourth-order valence-electron chi connectivity index (χ4n) is 1.63. The smallest absolute Gasteiger partial charge is 0.119 e. The van der Waals surface area contributed by atoms with Gasteiger partial charge < -0.3 is 9.64 Å². The first-order valence-electron chi connectivity index (χ1n) is 6.17. The SMILES string of the molecule is CCN(CC)CCOc1ccc(C=NC)cc1. The number of hydrogen-bond donors (Lipinski definition) is 0. The Labute approximate surface area is 104 Å². The highest BCUT2D eigenvalue weighted by atomic mass is 16.5. The molecule has 0 aliphatic heterocycles. The van der Waals surface area contributed by atoms with Crippen molar-refractivity contribution in [2.75, 3.05) is 33.3 Å². The van der Waals surface area contributed by atoms with Gasteiger partial charge in [0, 0.05) is 19.8 Å². The highest BCUT2D eigenvalue weighted by Crippen LogP contribution is 2.10. The van der Waals surface area contributed by atoms with Gasteiger partial charge in [0.25, 0.3) is 0 Å². The number of rotatable bonds is 7. The van der Waals surface area contributed by atoms with E-state index in [1.54, 1.807) is 7.05 Å². The highest BCUT2D eigenvalue weighted by Gasteiger charge is 1.99. The van der Waals surface area contributed by atoms with E-state index >= 15 is 0 Å². The normalized spacial score (nSPS) is 11.3. The van der Waals surface area contributed by atoms with Gasteiger partial charge in [-0.2, -0.15) is 0 Å². The van der Waals surface area contributed by atoms with E-state index in [-0.39, 0.29) is 0 Å². The number of nitrogens with zero attached hydrogens (tertiary/aromatic N) is 2. The van der Waals surface area contributed by atoms with Crippen LogP contribution in [-0.4, -0.2) is 44.4 Å². The molecule has 0 N–H and O–H groups in total. The summed E-state index contributed by atoms with van der Waals surface area (Å²) in [5, 5.41) is 0. The van der Waals surface area contributed by atoms with Gasteiger partial charge in [0.15, 0.2) is 0 Å². The van der Waals surface area contributed by atoms with Crippen molar-refractivity contribution in [1.29, 1.82) is 0 Å². The maximum absolute atomic E-state index is 5.69. The summed E-state index contributed by atoms with van der Waals surface area (Å²) in [6.45, 7) is 8.20. The van der Waals surface area contributed by atoms with Crippen LogP contribution in [0.4, 0.5) is 0 Å². The molecule has 0 radical (unpaired) electrons. The van der Waals surface area contributed by atoms with E-state index in [4.69, 9.17) is 4.74 Å². The first-order valence-corrected chi connectivity index (χ1v) is 6.17. The van der Waals surface area contributed by atoms with Gasteiger partial charge in [-0.15, -0.1) is 0 Å². The van der Waals surface area contributed by atoms with Gasteiger partial charge in [-0.05, 0) is 42.9 Å². The lowest BCUT2D eigenvalue weighted by molar-refractivity contribution is 0.223. The number of ether oxygens (including phenoxy) is 1. The van der Waals surface area contributed by atoms with Crippen LogP contribution in [0.5, 0.6) is 5.75 Å². The zero-order valence-corrected chi connectivity index (χ0v) is 11.0. The van der Waals surface area contributed by atoms with Crippen LogP contribution in [0.25, 0.3) is 0 Å². The Morgan fingerprint density at radius 1 is 1.18 bits per heavy atom. The minimum absolute atomic E-state index is 0.739. The molecule has 0 bridgehead atoms. The van der Waals surface area contributed by atoms with Crippen LogP contribution < -0.4 is 4.74 Å². The van der Waals surface area contributed by atoms with Gasteiger partial charge in [0.2, 0.25) is 0 Å². The number of hydrogen-bond acceptors (Lipinski definition) is 3. The molecule has 0 saturated carbocycles. The van der Waals surface area contributed by atoms with E-state index in [0.29, 0.717) is 0 Å². The summed E-state index contributed by atoms with van der Waals surface area (Å²) in [5.74, 6) is 0.922. The quantitative estimate of drug-likeness (QED) is 0.677. The summed E-state index contributed by atoms with van der Waals surface area (Å²) in [6, 6.07) is 8.00. The third kappa shape index (κ3) is 5.00. The molecule has 0 aliphatic carbocycles. The average Bonchev–Trinajstić information content (AvgIpc) is 2.37. The van der Waals surface area contributed by atoms with Gasteiger partial charge in [-0.3, -0.25) is 4.99 Å². The second-order valence-corrected chi connectivity index (χ2v) is 3.83. The molecule has 1 aromatic rings. The molecule has 3 heteroatoms. The minimum Gasteiger partial charge on any atom is -0.492 e. The van der Waals surface area contributed by atoms with Crippen molar-refractivity contribution in [3.63, 3.8) is 0 Å². The van der Waals surface area contributed by atoms with Gasteiger partial charge in [0.05, 0.1) is 0 Å². The Bertz CT molecular complexity index is 329. The lowest BCUT2D eigenvalue weighted by Gasteiger charge is -2.17. The van der Waals surface area contributed by atoms with E-state index in [0.717, 1.165) is 37.6 Å². The molecule has 0 amide bonds. The fraction of sp³-hybridized carbons (Fsp3) is 0.500. The molecule has 0 aromatic heterocycles. The van der Waals surface area contributed by atoms with Crippen LogP contribution in [0.3, 0.4) is 0 Å². The van der Waals surface area contributed by atoms with Crippen LogP contribution in [0.2, 0.25) is 0 Å². The van der Waals surface area contributed by atoms with Crippen molar-refractivity contribution >= 4 is 6.21 Å². The number of likely N-dealkylation sites (N-methyl/N-ethyl adjacent to an activating group) is 1. The molecule has 0 atom stereocenters.